The summed E-state index contributed by atoms with van der Waals surface area (Å²) < 4.78 is 14.3. The smallest absolute Gasteiger partial charge is 0.191 e. The van der Waals surface area contributed by atoms with Crippen LogP contribution in [0.25, 0.3) is 0 Å². The Morgan fingerprint density at radius 1 is 1.21 bits per heavy atom. The summed E-state index contributed by atoms with van der Waals surface area (Å²) in [5.74, 6) is 1.40. The molecular formula is C21H35FIN5. The van der Waals surface area contributed by atoms with Gasteiger partial charge in [-0.15, -0.1) is 24.0 Å². The van der Waals surface area contributed by atoms with Crippen LogP contribution in [-0.2, 0) is 0 Å². The van der Waals surface area contributed by atoms with Crippen LogP contribution in [0.3, 0.4) is 0 Å². The summed E-state index contributed by atoms with van der Waals surface area (Å²) in [6, 6.07) is 5.62. The molecule has 158 valence electrons. The number of anilines is 1. The minimum Gasteiger partial charge on any atom is -0.367 e. The monoisotopic (exact) mass is 503 g/mol. The molecule has 0 saturated carbocycles. The van der Waals surface area contributed by atoms with Crippen LogP contribution in [0.1, 0.15) is 31.2 Å². The Bertz CT molecular complexity index is 654. The number of guanidine groups is 1. The molecule has 28 heavy (non-hydrogen) atoms. The van der Waals surface area contributed by atoms with E-state index in [0.29, 0.717) is 5.92 Å². The lowest BCUT2D eigenvalue weighted by molar-refractivity contribution is 0.210. The highest BCUT2D eigenvalue weighted by atomic mass is 127. The molecule has 0 spiro atoms. The van der Waals surface area contributed by atoms with E-state index in [1.165, 1.54) is 19.4 Å². The second-order valence-corrected chi connectivity index (χ2v) is 8.11. The number of nitrogens with one attached hydrogen (secondary N) is 2. The van der Waals surface area contributed by atoms with E-state index in [4.69, 9.17) is 0 Å². The lowest BCUT2D eigenvalue weighted by atomic mass is 9.98. The molecule has 5 nitrogen and oxygen atoms in total. The minimum atomic E-state index is -0.134. The van der Waals surface area contributed by atoms with Gasteiger partial charge in [0.2, 0.25) is 0 Å². The minimum absolute atomic E-state index is 0. The number of hydrogen-bond donors (Lipinski definition) is 2. The van der Waals surface area contributed by atoms with Crippen LogP contribution in [0, 0.1) is 18.7 Å². The summed E-state index contributed by atoms with van der Waals surface area (Å²) in [5, 5.41) is 7.05. The van der Waals surface area contributed by atoms with Gasteiger partial charge in [0.25, 0.3) is 0 Å². The lowest BCUT2D eigenvalue weighted by Crippen LogP contribution is -2.52. The number of likely N-dealkylation sites (tertiary alicyclic amines) is 1. The van der Waals surface area contributed by atoms with E-state index in [9.17, 15) is 4.39 Å². The summed E-state index contributed by atoms with van der Waals surface area (Å²) in [7, 11) is 4.02. The molecule has 0 bridgehead atoms. The Balaban J connectivity index is 0.00000280. The average molecular weight is 503 g/mol. The van der Waals surface area contributed by atoms with Crippen molar-refractivity contribution >= 4 is 35.6 Å². The fourth-order valence-corrected chi connectivity index (χ4v) is 4.25. The van der Waals surface area contributed by atoms with Crippen molar-refractivity contribution < 1.29 is 4.39 Å². The van der Waals surface area contributed by atoms with Crippen molar-refractivity contribution in [1.29, 1.82) is 0 Å². The van der Waals surface area contributed by atoms with E-state index in [1.54, 1.807) is 6.07 Å². The Morgan fingerprint density at radius 3 is 2.75 bits per heavy atom. The fourth-order valence-electron chi connectivity index (χ4n) is 4.25. The number of aliphatic imine (C=N–C) groups is 1. The third-order valence-corrected chi connectivity index (χ3v) is 5.71. The second-order valence-electron chi connectivity index (χ2n) is 8.11. The number of rotatable bonds is 4. The summed E-state index contributed by atoms with van der Waals surface area (Å²) in [6.07, 6.45) is 4.68. The summed E-state index contributed by atoms with van der Waals surface area (Å²) in [5.41, 5.74) is 1.81. The number of benzene rings is 1. The largest absolute Gasteiger partial charge is 0.367 e. The molecule has 7 heteroatoms. The van der Waals surface area contributed by atoms with Crippen LogP contribution in [0.4, 0.5) is 10.1 Å². The van der Waals surface area contributed by atoms with Gasteiger partial charge in [-0.05, 0) is 69.8 Å². The predicted molar refractivity (Wildman–Crippen MR) is 127 cm³/mol. The molecule has 0 aromatic heterocycles. The molecule has 2 aliphatic heterocycles. The highest BCUT2D eigenvalue weighted by Crippen LogP contribution is 2.24. The maximum atomic E-state index is 14.3. The quantitative estimate of drug-likeness (QED) is 0.376. The van der Waals surface area contributed by atoms with Crippen LogP contribution in [0.2, 0.25) is 0 Å². The molecule has 1 aromatic rings. The number of halogens is 2. The Hall–Kier alpha value is -1.09. The van der Waals surface area contributed by atoms with Gasteiger partial charge in [0, 0.05) is 39.3 Å². The van der Waals surface area contributed by atoms with Gasteiger partial charge in [-0.2, -0.15) is 0 Å². The molecule has 2 saturated heterocycles. The standard InChI is InChI=1S/C21H34FN5.HI/c1-16-8-9-19(22)20(12-16)27-11-5-7-18(15-27)25-21(23-2)24-13-17-6-4-10-26(3)14-17;/h8-9,12,17-18H,4-7,10-11,13-15H2,1-3H3,(H2,23,24,25);1H. The van der Waals surface area contributed by atoms with E-state index < -0.39 is 0 Å². The van der Waals surface area contributed by atoms with Crippen LogP contribution < -0.4 is 15.5 Å². The zero-order chi connectivity index (χ0) is 19.2. The molecule has 0 aliphatic carbocycles. The maximum Gasteiger partial charge on any atom is 0.191 e. The third kappa shape index (κ3) is 6.47. The Labute approximate surface area is 186 Å². The molecule has 2 atom stereocenters. The zero-order valence-electron chi connectivity index (χ0n) is 17.4. The molecule has 0 radical (unpaired) electrons. The summed E-state index contributed by atoms with van der Waals surface area (Å²) in [6.45, 7) is 7.01. The van der Waals surface area contributed by atoms with Crippen molar-refractivity contribution in [3.63, 3.8) is 0 Å². The zero-order valence-corrected chi connectivity index (χ0v) is 19.7. The van der Waals surface area contributed by atoms with Gasteiger partial charge < -0.3 is 20.4 Å². The van der Waals surface area contributed by atoms with Crippen molar-refractivity contribution in [2.24, 2.45) is 10.9 Å². The number of aryl methyl sites for hydroxylation is 1. The molecule has 1 aromatic carbocycles. The van der Waals surface area contributed by atoms with Crippen molar-refractivity contribution in [2.45, 2.75) is 38.6 Å². The van der Waals surface area contributed by atoms with E-state index in [-0.39, 0.29) is 35.8 Å². The second kappa shape index (κ2) is 11.2. The number of nitrogens with zero attached hydrogens (tertiary/aromatic N) is 3. The first kappa shape index (κ1) is 23.2. The molecule has 2 aliphatic rings. The van der Waals surface area contributed by atoms with E-state index >= 15 is 0 Å². The molecular weight excluding hydrogens is 468 g/mol. The van der Waals surface area contributed by atoms with Crippen LogP contribution >= 0.6 is 24.0 Å². The van der Waals surface area contributed by atoms with Gasteiger partial charge in [0.15, 0.2) is 5.96 Å². The first-order chi connectivity index (χ1) is 13.0. The van der Waals surface area contributed by atoms with Gasteiger partial charge in [-0.25, -0.2) is 4.39 Å². The van der Waals surface area contributed by atoms with Crippen molar-refractivity contribution in [1.82, 2.24) is 15.5 Å². The van der Waals surface area contributed by atoms with Gasteiger partial charge >= 0.3 is 0 Å². The predicted octanol–water partition coefficient (Wildman–Crippen LogP) is 3.23. The van der Waals surface area contributed by atoms with Gasteiger partial charge in [-0.3, -0.25) is 4.99 Å². The van der Waals surface area contributed by atoms with Crippen molar-refractivity contribution in [3.05, 3.63) is 29.6 Å². The molecule has 2 heterocycles. The van der Waals surface area contributed by atoms with Crippen LogP contribution in [0.15, 0.2) is 23.2 Å². The van der Waals surface area contributed by atoms with Crippen molar-refractivity contribution in [2.75, 3.05) is 51.7 Å². The Morgan fingerprint density at radius 2 is 2.00 bits per heavy atom. The molecule has 2 N–H and O–H groups in total. The normalized spacial score (nSPS) is 23.9. The molecule has 2 fully saturated rings. The maximum absolute atomic E-state index is 14.3. The van der Waals surface area contributed by atoms with E-state index in [2.05, 4.69) is 32.5 Å². The molecule has 3 rings (SSSR count). The van der Waals surface area contributed by atoms with Gasteiger partial charge in [0.05, 0.1) is 5.69 Å². The highest BCUT2D eigenvalue weighted by Gasteiger charge is 2.23. The summed E-state index contributed by atoms with van der Waals surface area (Å²) in [4.78, 5) is 8.97. The van der Waals surface area contributed by atoms with Crippen LogP contribution in [0.5, 0.6) is 0 Å². The topological polar surface area (TPSA) is 42.9 Å². The lowest BCUT2D eigenvalue weighted by Gasteiger charge is -2.36. The number of piperidine rings is 2. The average Bonchev–Trinajstić information content (AvgIpc) is 2.67. The third-order valence-electron chi connectivity index (χ3n) is 5.71. The number of hydrogen-bond acceptors (Lipinski definition) is 3. The molecule has 0 amide bonds. The van der Waals surface area contributed by atoms with E-state index in [0.717, 1.165) is 56.2 Å². The molecule has 2 unspecified atom stereocenters. The Kier molecular flexibility index (Phi) is 9.27. The van der Waals surface area contributed by atoms with Gasteiger partial charge in [-0.1, -0.05) is 6.07 Å². The first-order valence-electron chi connectivity index (χ1n) is 10.2. The van der Waals surface area contributed by atoms with Crippen molar-refractivity contribution in [3.8, 4) is 0 Å². The SMILES string of the molecule is CN=C(NCC1CCCN(C)C1)NC1CCCN(c2cc(C)ccc2F)C1.I. The van der Waals surface area contributed by atoms with Crippen LogP contribution in [-0.4, -0.2) is 63.7 Å². The van der Waals surface area contributed by atoms with Gasteiger partial charge in [0.1, 0.15) is 5.82 Å². The fraction of sp³-hybridized carbons (Fsp3) is 0.667. The first-order valence-corrected chi connectivity index (χ1v) is 10.2. The highest BCUT2D eigenvalue weighted by molar-refractivity contribution is 14.0. The summed E-state index contributed by atoms with van der Waals surface area (Å²) >= 11 is 0. The van der Waals surface area contributed by atoms with E-state index in [1.807, 2.05) is 26.1 Å².